The van der Waals surface area contributed by atoms with E-state index in [1.807, 2.05) is 12.1 Å². The molecule has 3 rings (SSSR count). The summed E-state index contributed by atoms with van der Waals surface area (Å²) in [4.78, 5) is 2.48. The molecule has 0 radical (unpaired) electrons. The molecule has 1 aliphatic rings. The maximum atomic E-state index is 5.40. The van der Waals surface area contributed by atoms with E-state index in [2.05, 4.69) is 43.0 Å². The van der Waals surface area contributed by atoms with Gasteiger partial charge in [-0.15, -0.1) is 0 Å². The van der Waals surface area contributed by atoms with Crippen molar-refractivity contribution in [3.8, 4) is 22.6 Å². The third-order valence-corrected chi connectivity index (χ3v) is 4.39. The van der Waals surface area contributed by atoms with Gasteiger partial charge in [0.1, 0.15) is 11.5 Å². The van der Waals surface area contributed by atoms with Crippen LogP contribution >= 0.6 is 0 Å². The highest BCUT2D eigenvalue weighted by atomic mass is 16.5. The van der Waals surface area contributed by atoms with Gasteiger partial charge in [-0.2, -0.15) is 0 Å². The molecular formula is C19H23NO2. The van der Waals surface area contributed by atoms with Crippen LogP contribution in [0.1, 0.15) is 25.0 Å². The molecule has 2 aromatic rings. The number of hydrogen-bond acceptors (Lipinski definition) is 3. The molecule has 1 aliphatic heterocycles. The Bertz CT molecular complexity index is 624. The fraction of sp³-hybridized carbons (Fsp3) is 0.368. The van der Waals surface area contributed by atoms with Crippen LogP contribution in [0.2, 0.25) is 0 Å². The molecule has 0 aliphatic carbocycles. The Morgan fingerprint density at radius 2 is 1.27 bits per heavy atom. The molecule has 0 spiro atoms. The second-order valence-corrected chi connectivity index (χ2v) is 6.04. The molecular weight excluding hydrogens is 274 g/mol. The Hall–Kier alpha value is -2.00. The first-order valence-corrected chi connectivity index (χ1v) is 7.70. The van der Waals surface area contributed by atoms with Crippen LogP contribution < -0.4 is 9.47 Å². The number of fused-ring (bicyclic) bond motifs is 3. The Labute approximate surface area is 132 Å². The van der Waals surface area contributed by atoms with Crippen LogP contribution in [-0.4, -0.2) is 25.2 Å². The summed E-state index contributed by atoms with van der Waals surface area (Å²) >= 11 is 0. The topological polar surface area (TPSA) is 21.7 Å². The second kappa shape index (κ2) is 6.01. The minimum atomic E-state index is 0.483. The number of hydrogen-bond donors (Lipinski definition) is 0. The largest absolute Gasteiger partial charge is 0.497 e. The quantitative estimate of drug-likeness (QED) is 0.851. The summed E-state index contributed by atoms with van der Waals surface area (Å²) in [6.45, 7) is 6.35. The van der Waals surface area contributed by atoms with Gasteiger partial charge in [0.2, 0.25) is 0 Å². The summed E-state index contributed by atoms with van der Waals surface area (Å²) in [5.74, 6) is 1.83. The number of benzene rings is 2. The smallest absolute Gasteiger partial charge is 0.119 e. The van der Waals surface area contributed by atoms with Crippen molar-refractivity contribution in [3.63, 3.8) is 0 Å². The SMILES string of the molecule is COc1ccc2c(c1)CN(C(C)C)Cc1cc(OC)ccc1-2. The molecule has 116 valence electrons. The minimum Gasteiger partial charge on any atom is -0.497 e. The Morgan fingerprint density at radius 3 is 1.64 bits per heavy atom. The van der Waals surface area contributed by atoms with Crippen LogP contribution in [-0.2, 0) is 13.1 Å². The van der Waals surface area contributed by atoms with Gasteiger partial charge >= 0.3 is 0 Å². The predicted molar refractivity (Wildman–Crippen MR) is 89.4 cm³/mol. The Balaban J connectivity index is 2.16. The molecule has 0 unspecified atom stereocenters. The average molecular weight is 297 g/mol. The summed E-state index contributed by atoms with van der Waals surface area (Å²) in [7, 11) is 3.44. The van der Waals surface area contributed by atoms with E-state index in [0.29, 0.717) is 6.04 Å². The fourth-order valence-corrected chi connectivity index (χ4v) is 3.04. The lowest BCUT2D eigenvalue weighted by atomic mass is 9.96. The van der Waals surface area contributed by atoms with E-state index in [4.69, 9.17) is 9.47 Å². The van der Waals surface area contributed by atoms with E-state index in [1.165, 1.54) is 22.3 Å². The molecule has 0 saturated carbocycles. The predicted octanol–water partition coefficient (Wildman–Crippen LogP) is 4.09. The van der Waals surface area contributed by atoms with E-state index in [9.17, 15) is 0 Å². The first-order chi connectivity index (χ1) is 10.6. The summed E-state index contributed by atoms with van der Waals surface area (Å²) in [5.41, 5.74) is 5.22. The third kappa shape index (κ3) is 2.69. The summed E-state index contributed by atoms with van der Waals surface area (Å²) in [6.07, 6.45) is 0. The minimum absolute atomic E-state index is 0.483. The van der Waals surface area contributed by atoms with Crippen molar-refractivity contribution in [1.29, 1.82) is 0 Å². The highest BCUT2D eigenvalue weighted by Gasteiger charge is 2.21. The van der Waals surface area contributed by atoms with E-state index < -0.39 is 0 Å². The number of nitrogens with zero attached hydrogens (tertiary/aromatic N) is 1. The van der Waals surface area contributed by atoms with Gasteiger partial charge < -0.3 is 9.47 Å². The van der Waals surface area contributed by atoms with Gasteiger partial charge in [-0.1, -0.05) is 12.1 Å². The lowest BCUT2D eigenvalue weighted by molar-refractivity contribution is 0.205. The Morgan fingerprint density at radius 1 is 0.818 bits per heavy atom. The zero-order chi connectivity index (χ0) is 15.7. The third-order valence-electron chi connectivity index (χ3n) is 4.39. The maximum Gasteiger partial charge on any atom is 0.119 e. The van der Waals surface area contributed by atoms with Gasteiger partial charge in [0.05, 0.1) is 14.2 Å². The van der Waals surface area contributed by atoms with Crippen LogP contribution in [0, 0.1) is 0 Å². The molecule has 1 heterocycles. The maximum absolute atomic E-state index is 5.40. The Kier molecular flexibility index (Phi) is 4.08. The molecule has 0 atom stereocenters. The molecule has 2 aromatic carbocycles. The first-order valence-electron chi connectivity index (χ1n) is 7.70. The van der Waals surface area contributed by atoms with Crippen LogP contribution in [0.25, 0.3) is 11.1 Å². The van der Waals surface area contributed by atoms with Crippen LogP contribution in [0.4, 0.5) is 0 Å². The van der Waals surface area contributed by atoms with Crippen LogP contribution in [0.5, 0.6) is 11.5 Å². The molecule has 0 bridgehead atoms. The molecule has 0 saturated heterocycles. The van der Waals surface area contributed by atoms with Gasteiger partial charge in [-0.3, -0.25) is 4.90 Å². The van der Waals surface area contributed by atoms with E-state index in [-0.39, 0.29) is 0 Å². The number of ether oxygens (including phenoxy) is 2. The van der Waals surface area contributed by atoms with Crippen molar-refractivity contribution in [2.45, 2.75) is 33.0 Å². The van der Waals surface area contributed by atoms with Gasteiger partial charge in [-0.05, 0) is 60.4 Å². The average Bonchev–Trinajstić information content (AvgIpc) is 2.70. The highest BCUT2D eigenvalue weighted by molar-refractivity contribution is 5.73. The molecule has 3 nitrogen and oxygen atoms in total. The van der Waals surface area contributed by atoms with Crippen LogP contribution in [0.15, 0.2) is 36.4 Å². The first kappa shape index (κ1) is 14.9. The number of methoxy groups -OCH3 is 2. The number of rotatable bonds is 3. The van der Waals surface area contributed by atoms with Crippen molar-refractivity contribution in [3.05, 3.63) is 47.5 Å². The van der Waals surface area contributed by atoms with E-state index in [1.54, 1.807) is 14.2 Å². The molecule has 0 N–H and O–H groups in total. The van der Waals surface area contributed by atoms with Crippen LogP contribution in [0.3, 0.4) is 0 Å². The molecule has 22 heavy (non-hydrogen) atoms. The fourth-order valence-electron chi connectivity index (χ4n) is 3.04. The highest BCUT2D eigenvalue weighted by Crippen LogP contribution is 2.36. The second-order valence-electron chi connectivity index (χ2n) is 6.04. The lowest BCUT2D eigenvalue weighted by Crippen LogP contribution is -2.29. The molecule has 0 amide bonds. The lowest BCUT2D eigenvalue weighted by Gasteiger charge is -2.25. The zero-order valence-corrected chi connectivity index (χ0v) is 13.7. The van der Waals surface area contributed by atoms with Crippen molar-refractivity contribution >= 4 is 0 Å². The van der Waals surface area contributed by atoms with Gasteiger partial charge in [0, 0.05) is 19.1 Å². The summed E-state index contributed by atoms with van der Waals surface area (Å²) < 4.78 is 10.8. The van der Waals surface area contributed by atoms with Crippen molar-refractivity contribution in [2.24, 2.45) is 0 Å². The monoisotopic (exact) mass is 297 g/mol. The zero-order valence-electron chi connectivity index (χ0n) is 13.7. The molecule has 0 aromatic heterocycles. The summed E-state index contributed by atoms with van der Waals surface area (Å²) in [5, 5.41) is 0. The standard InChI is InChI=1S/C19H23NO2/c1-13(2)20-11-14-9-16(21-3)5-7-18(14)19-8-6-17(22-4)10-15(19)12-20/h5-10,13H,11-12H2,1-4H3. The van der Waals surface area contributed by atoms with Crippen molar-refractivity contribution < 1.29 is 9.47 Å². The molecule has 0 fully saturated rings. The normalized spacial score (nSPS) is 14.2. The van der Waals surface area contributed by atoms with Gasteiger partial charge in [0.15, 0.2) is 0 Å². The van der Waals surface area contributed by atoms with Crippen molar-refractivity contribution in [1.82, 2.24) is 4.90 Å². The van der Waals surface area contributed by atoms with Gasteiger partial charge in [0.25, 0.3) is 0 Å². The summed E-state index contributed by atoms with van der Waals surface area (Å²) in [6, 6.07) is 13.2. The molecule has 3 heteroatoms. The van der Waals surface area contributed by atoms with Gasteiger partial charge in [-0.25, -0.2) is 0 Å². The van der Waals surface area contributed by atoms with E-state index >= 15 is 0 Å². The van der Waals surface area contributed by atoms with E-state index in [0.717, 1.165) is 24.6 Å². The van der Waals surface area contributed by atoms with Crippen molar-refractivity contribution in [2.75, 3.05) is 14.2 Å².